The standard InChI is InChI=1S/C22H32N4O3.HI/c1-26(2)20(27)14-24-22(25-18-12-15-7-8-16(18)11-15)23-13-17-5-3-6-19-21(17)29-10-4-9-28-19;/h3,5-6,15-16,18H,4,7-14H2,1-2H3,(H2,23,24,25);1H. The fraction of sp³-hybridized carbons (Fsp3) is 0.636. The summed E-state index contributed by atoms with van der Waals surface area (Å²) in [5, 5.41) is 6.83. The van der Waals surface area contributed by atoms with Crippen molar-refractivity contribution in [3.8, 4) is 11.5 Å². The summed E-state index contributed by atoms with van der Waals surface area (Å²) in [6, 6.07) is 6.39. The number of nitrogens with zero attached hydrogens (tertiary/aromatic N) is 2. The highest BCUT2D eigenvalue weighted by Gasteiger charge is 2.39. The van der Waals surface area contributed by atoms with Crippen molar-refractivity contribution in [3.05, 3.63) is 23.8 Å². The third-order valence-electron chi connectivity index (χ3n) is 6.23. The van der Waals surface area contributed by atoms with Gasteiger partial charge in [0.05, 0.1) is 26.3 Å². The summed E-state index contributed by atoms with van der Waals surface area (Å²) >= 11 is 0. The molecule has 1 aliphatic heterocycles. The third kappa shape index (κ3) is 5.50. The number of nitrogens with one attached hydrogen (secondary N) is 2. The molecule has 0 saturated heterocycles. The molecule has 2 N–H and O–H groups in total. The summed E-state index contributed by atoms with van der Waals surface area (Å²) in [5.74, 6) is 3.87. The first-order valence-electron chi connectivity index (χ1n) is 10.7. The highest BCUT2D eigenvalue weighted by Crippen LogP contribution is 2.44. The van der Waals surface area contributed by atoms with E-state index >= 15 is 0 Å². The van der Waals surface area contributed by atoms with Crippen molar-refractivity contribution in [2.75, 3.05) is 33.9 Å². The van der Waals surface area contributed by atoms with Crippen LogP contribution >= 0.6 is 24.0 Å². The number of benzene rings is 1. The van der Waals surface area contributed by atoms with Crippen molar-refractivity contribution in [3.63, 3.8) is 0 Å². The molecular weight excluding hydrogens is 495 g/mol. The van der Waals surface area contributed by atoms with E-state index in [1.807, 2.05) is 18.2 Å². The molecule has 0 spiro atoms. The molecule has 2 bridgehead atoms. The molecule has 8 heteroatoms. The summed E-state index contributed by atoms with van der Waals surface area (Å²) in [6.07, 6.45) is 6.05. The maximum atomic E-state index is 12.1. The number of fused-ring (bicyclic) bond motifs is 3. The number of likely N-dealkylation sites (N-methyl/N-ethyl adjacent to an activating group) is 1. The van der Waals surface area contributed by atoms with Gasteiger partial charge in [-0.3, -0.25) is 4.79 Å². The maximum absolute atomic E-state index is 12.1. The molecule has 1 amide bonds. The van der Waals surface area contributed by atoms with Gasteiger partial charge in [0.15, 0.2) is 17.5 Å². The molecule has 2 saturated carbocycles. The number of carbonyl (C=O) groups excluding carboxylic acids is 1. The van der Waals surface area contributed by atoms with Gasteiger partial charge in [-0.2, -0.15) is 0 Å². The lowest BCUT2D eigenvalue weighted by atomic mass is 9.95. The van der Waals surface area contributed by atoms with Crippen LogP contribution in [0.5, 0.6) is 11.5 Å². The molecule has 0 aromatic heterocycles. The molecular formula is C22H33IN4O3. The Hall–Kier alpha value is -1.71. The number of hydrogen-bond acceptors (Lipinski definition) is 4. The predicted octanol–water partition coefficient (Wildman–Crippen LogP) is 2.78. The van der Waals surface area contributed by atoms with Gasteiger partial charge >= 0.3 is 0 Å². The van der Waals surface area contributed by atoms with Crippen molar-refractivity contribution >= 4 is 35.8 Å². The Kier molecular flexibility index (Phi) is 8.07. The average Bonchev–Trinajstić information content (AvgIpc) is 3.25. The number of halogens is 1. The lowest BCUT2D eigenvalue weighted by Crippen LogP contribution is -2.48. The number of rotatable bonds is 5. The van der Waals surface area contributed by atoms with Crippen molar-refractivity contribution in [1.82, 2.24) is 15.5 Å². The van der Waals surface area contributed by atoms with E-state index in [1.165, 1.54) is 25.7 Å². The molecule has 3 atom stereocenters. The number of aliphatic imine (C=N–C) groups is 1. The average molecular weight is 528 g/mol. The SMILES string of the molecule is CN(C)C(=O)CNC(=NCc1cccc2c1OCCCO2)NC1CC2CCC1C2.I. The van der Waals surface area contributed by atoms with Crippen LogP contribution < -0.4 is 20.1 Å². The monoisotopic (exact) mass is 528 g/mol. The first-order chi connectivity index (χ1) is 14.1. The van der Waals surface area contributed by atoms with E-state index in [4.69, 9.17) is 14.5 Å². The molecule has 1 aromatic rings. The number of ether oxygens (including phenoxy) is 2. The van der Waals surface area contributed by atoms with Gasteiger partial charge in [0, 0.05) is 32.1 Å². The summed E-state index contributed by atoms with van der Waals surface area (Å²) in [7, 11) is 3.53. The summed E-state index contributed by atoms with van der Waals surface area (Å²) in [4.78, 5) is 18.4. The van der Waals surface area contributed by atoms with Gasteiger partial charge in [0.2, 0.25) is 5.91 Å². The van der Waals surface area contributed by atoms with E-state index in [2.05, 4.69) is 10.6 Å². The molecule has 7 nitrogen and oxygen atoms in total. The van der Waals surface area contributed by atoms with E-state index < -0.39 is 0 Å². The predicted molar refractivity (Wildman–Crippen MR) is 128 cm³/mol. The van der Waals surface area contributed by atoms with Crippen LogP contribution in [-0.4, -0.2) is 56.7 Å². The van der Waals surface area contributed by atoms with Crippen molar-refractivity contribution in [2.24, 2.45) is 16.8 Å². The second-order valence-corrected chi connectivity index (χ2v) is 8.53. The molecule has 1 aromatic carbocycles. The van der Waals surface area contributed by atoms with Gasteiger partial charge in [-0.15, -0.1) is 24.0 Å². The van der Waals surface area contributed by atoms with Crippen molar-refractivity contribution in [2.45, 2.75) is 44.7 Å². The van der Waals surface area contributed by atoms with Crippen LogP contribution in [0.15, 0.2) is 23.2 Å². The molecule has 2 fully saturated rings. The second-order valence-electron chi connectivity index (χ2n) is 8.53. The normalized spacial score (nSPS) is 24.6. The van der Waals surface area contributed by atoms with Crippen LogP contribution in [0, 0.1) is 11.8 Å². The molecule has 4 rings (SSSR count). The molecule has 30 heavy (non-hydrogen) atoms. The number of guanidine groups is 1. The van der Waals surface area contributed by atoms with E-state index in [0.29, 0.717) is 31.8 Å². The minimum atomic E-state index is 0. The van der Waals surface area contributed by atoms with E-state index in [-0.39, 0.29) is 36.4 Å². The van der Waals surface area contributed by atoms with Crippen LogP contribution in [0.3, 0.4) is 0 Å². The largest absolute Gasteiger partial charge is 0.490 e. The van der Waals surface area contributed by atoms with Crippen LogP contribution in [0.4, 0.5) is 0 Å². The fourth-order valence-corrected chi connectivity index (χ4v) is 4.61. The Morgan fingerprint density at radius 2 is 2.03 bits per heavy atom. The smallest absolute Gasteiger partial charge is 0.241 e. The Morgan fingerprint density at radius 1 is 1.20 bits per heavy atom. The summed E-state index contributed by atoms with van der Waals surface area (Å²) < 4.78 is 11.7. The van der Waals surface area contributed by atoms with Crippen LogP contribution in [0.1, 0.15) is 37.7 Å². The third-order valence-corrected chi connectivity index (χ3v) is 6.23. The summed E-state index contributed by atoms with van der Waals surface area (Å²) in [5.41, 5.74) is 0.998. The van der Waals surface area contributed by atoms with Crippen molar-refractivity contribution < 1.29 is 14.3 Å². The maximum Gasteiger partial charge on any atom is 0.241 e. The lowest BCUT2D eigenvalue weighted by Gasteiger charge is -2.25. The molecule has 2 aliphatic carbocycles. The molecule has 166 valence electrons. The van der Waals surface area contributed by atoms with E-state index in [0.717, 1.165) is 35.3 Å². The zero-order chi connectivity index (χ0) is 20.2. The van der Waals surface area contributed by atoms with Crippen LogP contribution in [-0.2, 0) is 11.3 Å². The van der Waals surface area contributed by atoms with E-state index in [1.54, 1.807) is 19.0 Å². The molecule has 0 radical (unpaired) electrons. The zero-order valence-electron chi connectivity index (χ0n) is 17.9. The van der Waals surface area contributed by atoms with Gasteiger partial charge in [-0.05, 0) is 37.2 Å². The fourth-order valence-electron chi connectivity index (χ4n) is 4.61. The van der Waals surface area contributed by atoms with Gasteiger partial charge in [-0.1, -0.05) is 18.6 Å². The second kappa shape index (κ2) is 10.5. The Labute approximate surface area is 196 Å². The van der Waals surface area contributed by atoms with Gasteiger partial charge in [-0.25, -0.2) is 4.99 Å². The van der Waals surface area contributed by atoms with Crippen molar-refractivity contribution in [1.29, 1.82) is 0 Å². The number of hydrogen-bond donors (Lipinski definition) is 2. The number of amides is 1. The minimum absolute atomic E-state index is 0. The quantitative estimate of drug-likeness (QED) is 0.350. The first-order valence-corrected chi connectivity index (χ1v) is 10.7. The summed E-state index contributed by atoms with van der Waals surface area (Å²) in [6.45, 7) is 2.02. The highest BCUT2D eigenvalue weighted by atomic mass is 127. The van der Waals surface area contributed by atoms with Gasteiger partial charge in [0.1, 0.15) is 0 Å². The molecule has 3 unspecified atom stereocenters. The van der Waals surface area contributed by atoms with Crippen LogP contribution in [0.2, 0.25) is 0 Å². The molecule has 3 aliphatic rings. The lowest BCUT2D eigenvalue weighted by molar-refractivity contribution is -0.127. The Balaban J connectivity index is 0.00000256. The van der Waals surface area contributed by atoms with Gasteiger partial charge in [0.25, 0.3) is 0 Å². The first kappa shape index (κ1) is 23.0. The minimum Gasteiger partial charge on any atom is -0.490 e. The molecule has 1 heterocycles. The zero-order valence-corrected chi connectivity index (χ0v) is 20.2. The van der Waals surface area contributed by atoms with Crippen LogP contribution in [0.25, 0.3) is 0 Å². The highest BCUT2D eigenvalue weighted by molar-refractivity contribution is 14.0. The number of para-hydroxylation sites is 1. The van der Waals surface area contributed by atoms with E-state index in [9.17, 15) is 4.79 Å². The number of carbonyl (C=O) groups is 1. The van der Waals surface area contributed by atoms with Gasteiger partial charge < -0.3 is 25.0 Å². The topological polar surface area (TPSA) is 75.2 Å². The Morgan fingerprint density at radius 3 is 2.77 bits per heavy atom. The Bertz CT molecular complexity index is 771.